The summed E-state index contributed by atoms with van der Waals surface area (Å²) in [5.74, 6) is 0. The Morgan fingerprint density at radius 1 is 1.18 bits per heavy atom. The van der Waals surface area contributed by atoms with Gasteiger partial charge in [0.05, 0.1) is 11.2 Å². The lowest BCUT2D eigenvalue weighted by molar-refractivity contribution is 0.595. The zero-order chi connectivity index (χ0) is 16.8. The third-order valence-corrected chi connectivity index (χ3v) is 3.63. The fourth-order valence-corrected chi connectivity index (χ4v) is 2.40. The summed E-state index contributed by atoms with van der Waals surface area (Å²) < 4.78 is 27.7. The van der Waals surface area contributed by atoms with E-state index in [0.29, 0.717) is 5.69 Å². The minimum atomic E-state index is -3.74. The summed E-state index contributed by atoms with van der Waals surface area (Å²) >= 11 is 5.06. The van der Waals surface area contributed by atoms with E-state index in [2.05, 4.69) is 14.7 Å². The van der Waals surface area contributed by atoms with Gasteiger partial charge in [-0.15, -0.1) is 4.40 Å². The second kappa shape index (κ2) is 7.85. The molecular formula is C13H19N5O2S2. The van der Waals surface area contributed by atoms with Gasteiger partial charge in [0.25, 0.3) is 10.0 Å². The Morgan fingerprint density at radius 2 is 1.82 bits per heavy atom. The van der Waals surface area contributed by atoms with Gasteiger partial charge in [-0.2, -0.15) is 8.42 Å². The molecule has 22 heavy (non-hydrogen) atoms. The van der Waals surface area contributed by atoms with E-state index in [9.17, 15) is 8.42 Å². The fraction of sp³-hybridized carbons (Fsp3) is 0.308. The molecule has 9 heteroatoms. The minimum Gasteiger partial charge on any atom is -0.369 e. The molecule has 0 heterocycles. The summed E-state index contributed by atoms with van der Waals surface area (Å²) in [6.45, 7) is 0. The lowest BCUT2D eigenvalue weighted by Gasteiger charge is -2.07. The average molecular weight is 341 g/mol. The second-order valence-electron chi connectivity index (χ2n) is 4.83. The number of thiocarbonyl (C=S) groups is 1. The molecule has 0 aliphatic heterocycles. The predicted molar refractivity (Wildman–Crippen MR) is 94.2 cm³/mol. The molecule has 0 spiro atoms. The van der Waals surface area contributed by atoms with Gasteiger partial charge in [0, 0.05) is 33.9 Å². The first-order valence-corrected chi connectivity index (χ1v) is 8.14. The van der Waals surface area contributed by atoms with Crippen molar-refractivity contribution in [1.29, 1.82) is 0 Å². The third-order valence-electron chi connectivity index (χ3n) is 2.21. The number of sulfonamides is 1. The van der Waals surface area contributed by atoms with E-state index in [1.807, 2.05) is 14.1 Å². The van der Waals surface area contributed by atoms with Crippen LogP contribution in [-0.4, -0.2) is 64.2 Å². The number of anilines is 1. The predicted octanol–water partition coefficient (Wildman–Crippen LogP) is 1.25. The molecule has 120 valence electrons. The quantitative estimate of drug-likeness (QED) is 0.493. The highest BCUT2D eigenvalue weighted by atomic mass is 32.2. The maximum atomic E-state index is 12.1. The van der Waals surface area contributed by atoms with E-state index in [1.165, 1.54) is 18.5 Å². The maximum absolute atomic E-state index is 12.1. The first kappa shape index (κ1) is 18.1. The average Bonchev–Trinajstić information content (AvgIpc) is 2.43. The molecule has 0 bridgehead atoms. The number of benzene rings is 1. The van der Waals surface area contributed by atoms with Crippen LogP contribution in [0.1, 0.15) is 0 Å². The molecule has 0 aliphatic carbocycles. The Balaban J connectivity index is 2.93. The molecule has 1 N–H and O–H groups in total. The second-order valence-corrected chi connectivity index (χ2v) is 6.84. The molecule has 1 rings (SSSR count). The van der Waals surface area contributed by atoms with Crippen LogP contribution in [0, 0.1) is 0 Å². The zero-order valence-electron chi connectivity index (χ0n) is 12.9. The van der Waals surface area contributed by atoms with E-state index in [1.54, 1.807) is 42.4 Å². The highest BCUT2D eigenvalue weighted by molar-refractivity contribution is 7.90. The fourth-order valence-electron chi connectivity index (χ4n) is 1.28. The number of rotatable bonds is 5. The van der Waals surface area contributed by atoms with Gasteiger partial charge in [-0.05, 0) is 30.4 Å². The van der Waals surface area contributed by atoms with Gasteiger partial charge in [0.15, 0.2) is 5.11 Å². The third kappa shape index (κ3) is 6.19. The standard InChI is InChI=1S/C13H19N5O2S2/c1-17(2)9-14-13(21)16-11-6-5-7-12(8-11)22(19,20)15-10-18(3)4/h5-10H,1-4H3,(H,16,21)/b14-9+,15-10+. The molecular weight excluding hydrogens is 322 g/mol. The van der Waals surface area contributed by atoms with Crippen molar-refractivity contribution in [2.45, 2.75) is 4.90 Å². The van der Waals surface area contributed by atoms with Crippen LogP contribution in [0.15, 0.2) is 38.6 Å². The molecule has 0 amide bonds. The highest BCUT2D eigenvalue weighted by Crippen LogP contribution is 2.17. The van der Waals surface area contributed by atoms with Gasteiger partial charge < -0.3 is 15.1 Å². The van der Waals surface area contributed by atoms with Crippen LogP contribution in [0.5, 0.6) is 0 Å². The van der Waals surface area contributed by atoms with Gasteiger partial charge in [0.2, 0.25) is 0 Å². The van der Waals surface area contributed by atoms with Crippen molar-refractivity contribution in [3.63, 3.8) is 0 Å². The monoisotopic (exact) mass is 341 g/mol. The molecule has 1 aromatic carbocycles. The Labute approximate surface area is 136 Å². The van der Waals surface area contributed by atoms with E-state index < -0.39 is 10.0 Å². The zero-order valence-corrected chi connectivity index (χ0v) is 14.5. The van der Waals surface area contributed by atoms with Gasteiger partial charge in [-0.25, -0.2) is 4.99 Å². The van der Waals surface area contributed by atoms with Gasteiger partial charge in [0.1, 0.15) is 6.34 Å². The molecule has 0 saturated carbocycles. The van der Waals surface area contributed by atoms with Gasteiger partial charge >= 0.3 is 0 Å². The molecule has 7 nitrogen and oxygen atoms in total. The van der Waals surface area contributed by atoms with E-state index in [0.717, 1.165) is 0 Å². The van der Waals surface area contributed by atoms with Crippen molar-refractivity contribution in [3.8, 4) is 0 Å². The topological polar surface area (TPSA) is 77.4 Å². The van der Waals surface area contributed by atoms with Crippen molar-refractivity contribution < 1.29 is 8.42 Å². The van der Waals surface area contributed by atoms with Crippen LogP contribution in [0.2, 0.25) is 0 Å². The molecule has 0 saturated heterocycles. The number of nitrogens with one attached hydrogen (secondary N) is 1. The van der Waals surface area contributed by atoms with E-state index in [-0.39, 0.29) is 10.0 Å². The van der Waals surface area contributed by atoms with Crippen molar-refractivity contribution in [2.75, 3.05) is 33.5 Å². The maximum Gasteiger partial charge on any atom is 0.283 e. The van der Waals surface area contributed by atoms with Crippen LogP contribution in [0.3, 0.4) is 0 Å². The Bertz CT molecular complexity index is 681. The molecule has 0 fully saturated rings. The molecule has 0 radical (unpaired) electrons. The Kier molecular flexibility index (Phi) is 6.44. The molecule has 0 aromatic heterocycles. The Hall–Kier alpha value is -2.00. The minimum absolute atomic E-state index is 0.0787. The van der Waals surface area contributed by atoms with Crippen molar-refractivity contribution in [1.82, 2.24) is 9.80 Å². The van der Waals surface area contributed by atoms with Crippen LogP contribution in [0.25, 0.3) is 0 Å². The van der Waals surface area contributed by atoms with Crippen LogP contribution >= 0.6 is 12.2 Å². The van der Waals surface area contributed by atoms with Crippen molar-refractivity contribution in [3.05, 3.63) is 24.3 Å². The van der Waals surface area contributed by atoms with E-state index >= 15 is 0 Å². The Morgan fingerprint density at radius 3 is 2.41 bits per heavy atom. The summed E-state index contributed by atoms with van der Waals surface area (Å²) in [5, 5.41) is 3.09. The summed E-state index contributed by atoms with van der Waals surface area (Å²) in [6, 6.07) is 6.24. The first-order chi connectivity index (χ1) is 10.2. The highest BCUT2D eigenvalue weighted by Gasteiger charge is 2.12. The molecule has 0 unspecified atom stereocenters. The molecule has 0 aliphatic rings. The number of hydrogen-bond donors (Lipinski definition) is 1. The van der Waals surface area contributed by atoms with Crippen molar-refractivity contribution in [2.24, 2.45) is 9.39 Å². The summed E-state index contributed by atoms with van der Waals surface area (Å²) in [7, 11) is 3.29. The van der Waals surface area contributed by atoms with Crippen LogP contribution < -0.4 is 5.32 Å². The number of nitrogens with zero attached hydrogens (tertiary/aromatic N) is 4. The van der Waals surface area contributed by atoms with Crippen molar-refractivity contribution >= 4 is 45.7 Å². The lowest BCUT2D eigenvalue weighted by Crippen LogP contribution is -2.13. The number of hydrogen-bond acceptors (Lipinski definition) is 3. The molecule has 1 aromatic rings. The molecule has 0 atom stereocenters. The van der Waals surface area contributed by atoms with Gasteiger partial charge in [-0.1, -0.05) is 6.07 Å². The summed E-state index contributed by atoms with van der Waals surface area (Å²) in [4.78, 5) is 7.37. The van der Waals surface area contributed by atoms with Gasteiger partial charge in [-0.3, -0.25) is 0 Å². The summed E-state index contributed by atoms with van der Waals surface area (Å²) in [6.07, 6.45) is 2.79. The summed E-state index contributed by atoms with van der Waals surface area (Å²) in [5.41, 5.74) is 0.530. The van der Waals surface area contributed by atoms with Crippen LogP contribution in [0.4, 0.5) is 5.69 Å². The largest absolute Gasteiger partial charge is 0.369 e. The first-order valence-electron chi connectivity index (χ1n) is 6.29. The van der Waals surface area contributed by atoms with E-state index in [4.69, 9.17) is 12.2 Å². The lowest BCUT2D eigenvalue weighted by atomic mass is 10.3. The normalized spacial score (nSPS) is 11.8. The van der Waals surface area contributed by atoms with Crippen LogP contribution in [-0.2, 0) is 10.0 Å². The smallest absolute Gasteiger partial charge is 0.283 e. The SMILES string of the molecule is CN(C)/C=N/C(=S)Nc1cccc(S(=O)(=O)/N=C/N(C)C)c1. The number of aliphatic imine (C=N–C) groups is 1.